The molecule has 0 aromatic heterocycles. The first-order chi connectivity index (χ1) is 7.90. The van der Waals surface area contributed by atoms with Crippen molar-refractivity contribution in [2.24, 2.45) is 11.7 Å². The van der Waals surface area contributed by atoms with Crippen LogP contribution in [0.1, 0.15) is 25.8 Å². The minimum absolute atomic E-state index is 0.0676. The molecule has 92 valence electrons. The fourth-order valence-electron chi connectivity index (χ4n) is 1.35. The van der Waals surface area contributed by atoms with Crippen LogP contribution in [-0.2, 0) is 4.79 Å². The summed E-state index contributed by atoms with van der Waals surface area (Å²) < 4.78 is 0. The molecule has 3 N–H and O–H groups in total. The van der Waals surface area contributed by atoms with Crippen LogP contribution in [0.15, 0.2) is 18.2 Å². The average Bonchev–Trinajstić information content (AvgIpc) is 2.19. The maximum absolute atomic E-state index is 11.6. The number of carbonyl (C=O) groups excluding carboxylic acids is 1. The summed E-state index contributed by atoms with van der Waals surface area (Å²) in [4.78, 5) is 11.9. The second kappa shape index (κ2) is 5.98. The summed E-state index contributed by atoms with van der Waals surface area (Å²) in [6.07, 6.45) is 0.452. The number of benzene rings is 1. The number of anilines is 1. The largest absolute Gasteiger partial charge is 0.389 e. The molecule has 3 nitrogen and oxygen atoms in total. The number of amides is 1. The molecule has 0 aliphatic carbocycles. The fraction of sp³-hybridized carbons (Fsp3) is 0.333. The lowest BCUT2D eigenvalue weighted by atomic mass is 10.1. The van der Waals surface area contributed by atoms with Crippen molar-refractivity contribution < 1.29 is 4.79 Å². The summed E-state index contributed by atoms with van der Waals surface area (Å²) in [6, 6.07) is 5.08. The van der Waals surface area contributed by atoms with E-state index in [9.17, 15) is 4.79 Å². The van der Waals surface area contributed by atoms with Gasteiger partial charge in [-0.1, -0.05) is 43.7 Å². The standard InChI is InChI=1S/C12H15ClN2OS/c1-7(2)5-11(16)15-10-6-8(12(14)17)3-4-9(10)13/h3-4,6-7H,5H2,1-2H3,(H2,14,17)(H,15,16). The van der Waals surface area contributed by atoms with Crippen molar-refractivity contribution in [3.63, 3.8) is 0 Å². The number of hydrogen-bond acceptors (Lipinski definition) is 2. The number of nitrogens with one attached hydrogen (secondary N) is 1. The van der Waals surface area contributed by atoms with Crippen molar-refractivity contribution in [1.82, 2.24) is 0 Å². The molecule has 0 bridgehead atoms. The van der Waals surface area contributed by atoms with Gasteiger partial charge in [0.05, 0.1) is 10.7 Å². The van der Waals surface area contributed by atoms with Crippen LogP contribution in [-0.4, -0.2) is 10.9 Å². The van der Waals surface area contributed by atoms with Gasteiger partial charge in [0.1, 0.15) is 4.99 Å². The van der Waals surface area contributed by atoms with E-state index in [1.807, 2.05) is 13.8 Å². The zero-order chi connectivity index (χ0) is 13.0. The van der Waals surface area contributed by atoms with Crippen LogP contribution in [0.2, 0.25) is 5.02 Å². The lowest BCUT2D eigenvalue weighted by Crippen LogP contribution is -2.15. The molecule has 0 saturated heterocycles. The normalized spacial score (nSPS) is 10.4. The van der Waals surface area contributed by atoms with E-state index in [0.29, 0.717) is 28.6 Å². The molecule has 5 heteroatoms. The zero-order valence-corrected chi connectivity index (χ0v) is 11.4. The van der Waals surface area contributed by atoms with Crippen molar-refractivity contribution in [3.05, 3.63) is 28.8 Å². The number of halogens is 1. The Bertz CT molecular complexity index is 446. The number of carbonyl (C=O) groups is 1. The molecular weight excluding hydrogens is 256 g/mol. The second-order valence-corrected chi connectivity index (χ2v) is 5.05. The quantitative estimate of drug-likeness (QED) is 0.827. The first-order valence-corrected chi connectivity index (χ1v) is 6.08. The van der Waals surface area contributed by atoms with Crippen molar-refractivity contribution in [3.8, 4) is 0 Å². The highest BCUT2D eigenvalue weighted by molar-refractivity contribution is 7.80. The van der Waals surface area contributed by atoms with Crippen molar-refractivity contribution in [2.75, 3.05) is 5.32 Å². The maximum atomic E-state index is 11.6. The summed E-state index contributed by atoms with van der Waals surface area (Å²) in [7, 11) is 0. The van der Waals surface area contributed by atoms with Gasteiger partial charge in [0, 0.05) is 12.0 Å². The Morgan fingerprint density at radius 3 is 2.71 bits per heavy atom. The van der Waals surface area contributed by atoms with E-state index < -0.39 is 0 Å². The molecule has 1 aromatic carbocycles. The van der Waals surface area contributed by atoms with E-state index in [1.54, 1.807) is 18.2 Å². The van der Waals surface area contributed by atoms with Crippen LogP contribution < -0.4 is 11.1 Å². The highest BCUT2D eigenvalue weighted by Crippen LogP contribution is 2.23. The summed E-state index contributed by atoms with van der Waals surface area (Å²) in [5.74, 6) is 0.231. The Morgan fingerprint density at radius 1 is 1.53 bits per heavy atom. The van der Waals surface area contributed by atoms with Crippen molar-refractivity contribution in [2.45, 2.75) is 20.3 Å². The van der Waals surface area contributed by atoms with Crippen LogP contribution in [0.5, 0.6) is 0 Å². The minimum atomic E-state index is -0.0676. The van der Waals surface area contributed by atoms with Gasteiger partial charge in [0.15, 0.2) is 0 Å². The molecule has 1 aromatic rings. The van der Waals surface area contributed by atoms with Gasteiger partial charge in [-0.25, -0.2) is 0 Å². The number of hydrogen-bond donors (Lipinski definition) is 2. The van der Waals surface area contributed by atoms with Gasteiger partial charge in [-0.3, -0.25) is 4.79 Å². The predicted molar refractivity (Wildman–Crippen MR) is 75.4 cm³/mol. The SMILES string of the molecule is CC(C)CC(=O)Nc1cc(C(N)=S)ccc1Cl. The molecule has 0 spiro atoms. The molecule has 1 amide bonds. The molecular formula is C12H15ClN2OS. The molecule has 0 heterocycles. The lowest BCUT2D eigenvalue weighted by Gasteiger charge is -2.10. The van der Waals surface area contributed by atoms with Crippen LogP contribution in [0.25, 0.3) is 0 Å². The molecule has 0 radical (unpaired) electrons. The van der Waals surface area contributed by atoms with Gasteiger partial charge in [-0.2, -0.15) is 0 Å². The molecule has 17 heavy (non-hydrogen) atoms. The summed E-state index contributed by atoms with van der Waals surface area (Å²) in [5.41, 5.74) is 6.75. The monoisotopic (exact) mass is 270 g/mol. The fourth-order valence-corrected chi connectivity index (χ4v) is 1.64. The molecule has 0 saturated carbocycles. The van der Waals surface area contributed by atoms with E-state index in [1.165, 1.54) is 0 Å². The third-order valence-electron chi connectivity index (χ3n) is 2.12. The van der Waals surface area contributed by atoms with E-state index >= 15 is 0 Å². The summed E-state index contributed by atoms with van der Waals surface area (Å²) >= 11 is 10.9. The molecule has 0 fully saturated rings. The third kappa shape index (κ3) is 4.32. The van der Waals surface area contributed by atoms with E-state index in [-0.39, 0.29) is 10.9 Å². The topological polar surface area (TPSA) is 55.1 Å². The van der Waals surface area contributed by atoms with Gasteiger partial charge < -0.3 is 11.1 Å². The Hall–Kier alpha value is -1.13. The lowest BCUT2D eigenvalue weighted by molar-refractivity contribution is -0.116. The van der Waals surface area contributed by atoms with Gasteiger partial charge >= 0.3 is 0 Å². The second-order valence-electron chi connectivity index (χ2n) is 4.21. The number of nitrogens with two attached hydrogens (primary N) is 1. The molecule has 0 aliphatic rings. The smallest absolute Gasteiger partial charge is 0.224 e. The molecule has 1 rings (SSSR count). The van der Waals surface area contributed by atoms with E-state index in [2.05, 4.69) is 5.32 Å². The van der Waals surface area contributed by atoms with Gasteiger partial charge in [-0.15, -0.1) is 0 Å². The first kappa shape index (κ1) is 13.9. The average molecular weight is 271 g/mol. The molecule has 0 atom stereocenters. The van der Waals surface area contributed by atoms with E-state index in [0.717, 1.165) is 0 Å². The number of rotatable bonds is 4. The third-order valence-corrected chi connectivity index (χ3v) is 2.68. The van der Waals surface area contributed by atoms with E-state index in [4.69, 9.17) is 29.6 Å². The van der Waals surface area contributed by atoms with Crippen molar-refractivity contribution >= 4 is 40.4 Å². The van der Waals surface area contributed by atoms with Crippen LogP contribution in [0.4, 0.5) is 5.69 Å². The predicted octanol–water partition coefficient (Wildman–Crippen LogP) is 2.96. The Morgan fingerprint density at radius 2 is 2.18 bits per heavy atom. The number of thiocarbonyl (C=S) groups is 1. The summed E-state index contributed by atoms with van der Waals surface area (Å²) in [5, 5.41) is 3.22. The highest BCUT2D eigenvalue weighted by Gasteiger charge is 2.09. The molecule has 0 unspecified atom stereocenters. The minimum Gasteiger partial charge on any atom is -0.389 e. The van der Waals surface area contributed by atoms with Crippen LogP contribution >= 0.6 is 23.8 Å². The van der Waals surface area contributed by atoms with Gasteiger partial charge in [0.25, 0.3) is 0 Å². The van der Waals surface area contributed by atoms with Gasteiger partial charge in [-0.05, 0) is 18.1 Å². The maximum Gasteiger partial charge on any atom is 0.224 e. The van der Waals surface area contributed by atoms with Crippen molar-refractivity contribution in [1.29, 1.82) is 0 Å². The Labute approximate surface area is 111 Å². The Kier molecular flexibility index (Phi) is 4.90. The molecule has 0 aliphatic heterocycles. The van der Waals surface area contributed by atoms with Crippen LogP contribution in [0, 0.1) is 5.92 Å². The Balaban J connectivity index is 2.86. The summed E-state index contributed by atoms with van der Waals surface area (Å²) in [6.45, 7) is 3.96. The zero-order valence-electron chi connectivity index (χ0n) is 9.79. The van der Waals surface area contributed by atoms with Crippen LogP contribution in [0.3, 0.4) is 0 Å². The highest BCUT2D eigenvalue weighted by atomic mass is 35.5. The first-order valence-electron chi connectivity index (χ1n) is 5.29. The van der Waals surface area contributed by atoms with Gasteiger partial charge in [0.2, 0.25) is 5.91 Å².